The lowest BCUT2D eigenvalue weighted by molar-refractivity contribution is 0.101. The van der Waals surface area contributed by atoms with Gasteiger partial charge in [0.25, 0.3) is 5.91 Å². The molecule has 4 rings (SSSR count). The number of amides is 1. The lowest BCUT2D eigenvalue weighted by Crippen LogP contribution is -2.19. The van der Waals surface area contributed by atoms with E-state index in [1.165, 1.54) is 18.6 Å². The van der Waals surface area contributed by atoms with E-state index in [9.17, 15) is 9.18 Å². The SMILES string of the molecule is CC1CCN(c2ccc(NC(=O)c3cc(-c4ccccc4F)on3)cc2)C1. The predicted molar refractivity (Wildman–Crippen MR) is 102 cm³/mol. The van der Waals surface area contributed by atoms with Crippen LogP contribution in [0.3, 0.4) is 0 Å². The number of carbonyl (C=O) groups excluding carboxylic acids is 1. The summed E-state index contributed by atoms with van der Waals surface area (Å²) < 4.78 is 19.0. The highest BCUT2D eigenvalue weighted by molar-refractivity contribution is 6.03. The van der Waals surface area contributed by atoms with Crippen LogP contribution in [0.25, 0.3) is 11.3 Å². The fourth-order valence-electron chi connectivity index (χ4n) is 3.29. The van der Waals surface area contributed by atoms with Gasteiger partial charge in [-0.25, -0.2) is 4.39 Å². The highest BCUT2D eigenvalue weighted by atomic mass is 19.1. The first-order valence-electron chi connectivity index (χ1n) is 8.98. The zero-order valence-corrected chi connectivity index (χ0v) is 15.0. The molecule has 1 saturated heterocycles. The summed E-state index contributed by atoms with van der Waals surface area (Å²) in [5.74, 6) is 0.105. The second kappa shape index (κ2) is 7.23. The molecular formula is C21H20FN3O2. The Hall–Kier alpha value is -3.15. The van der Waals surface area contributed by atoms with E-state index in [0.717, 1.165) is 18.8 Å². The van der Waals surface area contributed by atoms with Crippen LogP contribution in [0.4, 0.5) is 15.8 Å². The Morgan fingerprint density at radius 3 is 2.70 bits per heavy atom. The molecule has 138 valence electrons. The van der Waals surface area contributed by atoms with Crippen molar-refractivity contribution in [3.05, 3.63) is 66.1 Å². The molecule has 1 aromatic heterocycles. The van der Waals surface area contributed by atoms with Crippen LogP contribution in [0.15, 0.2) is 59.1 Å². The van der Waals surface area contributed by atoms with Gasteiger partial charge in [0.15, 0.2) is 11.5 Å². The molecule has 1 fully saturated rings. The molecule has 0 bridgehead atoms. The minimum Gasteiger partial charge on any atom is -0.371 e. The summed E-state index contributed by atoms with van der Waals surface area (Å²) in [5.41, 5.74) is 2.20. The van der Waals surface area contributed by atoms with Gasteiger partial charge in [0.1, 0.15) is 5.82 Å². The Balaban J connectivity index is 1.44. The molecule has 0 spiro atoms. The van der Waals surface area contributed by atoms with Crippen molar-refractivity contribution in [3.63, 3.8) is 0 Å². The van der Waals surface area contributed by atoms with Crippen LogP contribution in [0.5, 0.6) is 0 Å². The predicted octanol–water partition coefficient (Wildman–Crippen LogP) is 4.58. The van der Waals surface area contributed by atoms with Gasteiger partial charge in [-0.2, -0.15) is 0 Å². The van der Waals surface area contributed by atoms with Crippen molar-refractivity contribution in [3.8, 4) is 11.3 Å². The molecule has 1 N–H and O–H groups in total. The third kappa shape index (κ3) is 3.69. The number of anilines is 2. The van der Waals surface area contributed by atoms with E-state index in [1.54, 1.807) is 18.2 Å². The quantitative estimate of drug-likeness (QED) is 0.735. The molecule has 1 aliphatic rings. The Morgan fingerprint density at radius 2 is 2.00 bits per heavy atom. The average Bonchev–Trinajstić information content (AvgIpc) is 3.32. The Labute approximate surface area is 156 Å². The summed E-state index contributed by atoms with van der Waals surface area (Å²) in [6, 6.07) is 15.4. The van der Waals surface area contributed by atoms with Crippen LogP contribution in [0.2, 0.25) is 0 Å². The van der Waals surface area contributed by atoms with Gasteiger partial charge >= 0.3 is 0 Å². The number of hydrogen-bond acceptors (Lipinski definition) is 4. The van der Waals surface area contributed by atoms with Gasteiger partial charge in [-0.3, -0.25) is 4.79 Å². The van der Waals surface area contributed by atoms with Crippen molar-refractivity contribution < 1.29 is 13.7 Å². The molecule has 1 unspecified atom stereocenters. The van der Waals surface area contributed by atoms with E-state index in [0.29, 0.717) is 11.6 Å². The van der Waals surface area contributed by atoms with Gasteiger partial charge in [-0.1, -0.05) is 24.2 Å². The second-order valence-electron chi connectivity index (χ2n) is 6.90. The van der Waals surface area contributed by atoms with Crippen LogP contribution < -0.4 is 10.2 Å². The van der Waals surface area contributed by atoms with Crippen LogP contribution in [0, 0.1) is 11.7 Å². The minimum atomic E-state index is -0.424. The zero-order chi connectivity index (χ0) is 18.8. The molecule has 0 radical (unpaired) electrons. The summed E-state index contributed by atoms with van der Waals surface area (Å²) in [7, 11) is 0. The summed E-state index contributed by atoms with van der Waals surface area (Å²) in [4.78, 5) is 14.7. The van der Waals surface area contributed by atoms with E-state index >= 15 is 0 Å². The van der Waals surface area contributed by atoms with Crippen molar-refractivity contribution in [1.82, 2.24) is 5.16 Å². The molecule has 2 heterocycles. The van der Waals surface area contributed by atoms with Crippen molar-refractivity contribution in [2.75, 3.05) is 23.3 Å². The highest BCUT2D eigenvalue weighted by Gasteiger charge is 2.19. The number of carbonyl (C=O) groups is 1. The van der Waals surface area contributed by atoms with E-state index in [-0.39, 0.29) is 17.0 Å². The number of nitrogens with zero attached hydrogens (tertiary/aromatic N) is 2. The summed E-state index contributed by atoms with van der Waals surface area (Å²) in [6.45, 7) is 4.37. The second-order valence-corrected chi connectivity index (χ2v) is 6.90. The normalized spacial score (nSPS) is 16.5. The van der Waals surface area contributed by atoms with Crippen LogP contribution >= 0.6 is 0 Å². The number of nitrogens with one attached hydrogen (secondary N) is 1. The minimum absolute atomic E-state index is 0.102. The standard InChI is InChI=1S/C21H20FN3O2/c1-14-10-11-25(13-14)16-8-6-15(7-9-16)23-21(26)19-12-20(27-24-19)17-4-2-3-5-18(17)22/h2-9,12,14H,10-11,13H2,1H3,(H,23,26). The molecule has 6 heteroatoms. The third-order valence-corrected chi connectivity index (χ3v) is 4.80. The van der Waals surface area contributed by atoms with Gasteiger partial charge in [0.2, 0.25) is 0 Å². The van der Waals surface area contributed by atoms with Crippen LogP contribution in [-0.4, -0.2) is 24.2 Å². The van der Waals surface area contributed by atoms with E-state index < -0.39 is 11.7 Å². The van der Waals surface area contributed by atoms with E-state index in [4.69, 9.17) is 4.52 Å². The Kier molecular flexibility index (Phi) is 4.62. The smallest absolute Gasteiger partial charge is 0.277 e. The molecule has 2 aromatic carbocycles. The lowest BCUT2D eigenvalue weighted by atomic mass is 10.1. The molecule has 1 aliphatic heterocycles. The third-order valence-electron chi connectivity index (χ3n) is 4.80. The first-order valence-corrected chi connectivity index (χ1v) is 8.98. The average molecular weight is 365 g/mol. The maximum Gasteiger partial charge on any atom is 0.277 e. The van der Waals surface area contributed by atoms with Gasteiger partial charge in [-0.05, 0) is 48.7 Å². The lowest BCUT2D eigenvalue weighted by Gasteiger charge is -2.18. The first-order chi connectivity index (χ1) is 13.1. The number of aromatic nitrogens is 1. The maximum atomic E-state index is 13.8. The molecule has 5 nitrogen and oxygen atoms in total. The Bertz CT molecular complexity index is 952. The van der Waals surface area contributed by atoms with Crippen molar-refractivity contribution in [2.45, 2.75) is 13.3 Å². The van der Waals surface area contributed by atoms with Crippen LogP contribution in [0.1, 0.15) is 23.8 Å². The molecule has 1 amide bonds. The van der Waals surface area contributed by atoms with Crippen molar-refractivity contribution in [2.24, 2.45) is 5.92 Å². The highest BCUT2D eigenvalue weighted by Crippen LogP contribution is 2.26. The number of rotatable bonds is 4. The molecule has 27 heavy (non-hydrogen) atoms. The monoisotopic (exact) mass is 365 g/mol. The molecular weight excluding hydrogens is 345 g/mol. The van der Waals surface area contributed by atoms with Crippen molar-refractivity contribution in [1.29, 1.82) is 0 Å². The van der Waals surface area contributed by atoms with Gasteiger partial charge < -0.3 is 14.7 Å². The summed E-state index contributed by atoms with van der Waals surface area (Å²) in [5, 5.41) is 6.55. The summed E-state index contributed by atoms with van der Waals surface area (Å²) >= 11 is 0. The first kappa shape index (κ1) is 17.3. The molecule has 0 aliphatic carbocycles. The molecule has 0 saturated carbocycles. The summed E-state index contributed by atoms with van der Waals surface area (Å²) in [6.07, 6.45) is 1.20. The number of halogens is 1. The molecule has 3 aromatic rings. The van der Waals surface area contributed by atoms with Gasteiger partial charge in [-0.15, -0.1) is 0 Å². The maximum absolute atomic E-state index is 13.8. The zero-order valence-electron chi connectivity index (χ0n) is 15.0. The topological polar surface area (TPSA) is 58.4 Å². The van der Waals surface area contributed by atoms with E-state index in [1.807, 2.05) is 24.3 Å². The number of hydrogen-bond donors (Lipinski definition) is 1. The van der Waals surface area contributed by atoms with E-state index in [2.05, 4.69) is 22.3 Å². The fraction of sp³-hybridized carbons (Fsp3) is 0.238. The fourth-order valence-corrected chi connectivity index (χ4v) is 3.29. The van der Waals surface area contributed by atoms with Crippen molar-refractivity contribution >= 4 is 17.3 Å². The van der Waals surface area contributed by atoms with Gasteiger partial charge in [0, 0.05) is 30.5 Å². The largest absolute Gasteiger partial charge is 0.371 e. The van der Waals surface area contributed by atoms with Crippen LogP contribution in [-0.2, 0) is 0 Å². The number of benzene rings is 2. The van der Waals surface area contributed by atoms with Gasteiger partial charge in [0.05, 0.1) is 5.56 Å². The molecule has 1 atom stereocenters. The Morgan fingerprint density at radius 1 is 1.22 bits per heavy atom.